The fourth-order valence-electron chi connectivity index (χ4n) is 1.66. The second-order valence-corrected chi connectivity index (χ2v) is 7.38. The molecule has 22 heavy (non-hydrogen) atoms. The molecule has 0 amide bonds. The summed E-state index contributed by atoms with van der Waals surface area (Å²) in [6.07, 6.45) is 0. The Balaban J connectivity index is 2.32. The second-order valence-electron chi connectivity index (χ2n) is 4.28. The van der Waals surface area contributed by atoms with Gasteiger partial charge in [0.2, 0.25) is 0 Å². The predicted octanol–water partition coefficient (Wildman–Crippen LogP) is 1.02. The summed E-state index contributed by atoms with van der Waals surface area (Å²) in [4.78, 5) is -0.431. The first kappa shape index (κ1) is 16.2. The second kappa shape index (κ2) is 5.93. The van der Waals surface area contributed by atoms with Crippen LogP contribution in [0.2, 0.25) is 0 Å². The number of hydrazine groups is 1. The van der Waals surface area contributed by atoms with Crippen LogP contribution in [0.3, 0.4) is 0 Å². The molecule has 2 rings (SSSR count). The van der Waals surface area contributed by atoms with E-state index in [1.54, 1.807) is 0 Å². The van der Waals surface area contributed by atoms with Gasteiger partial charge in [-0.3, -0.25) is 15.1 Å². The Morgan fingerprint density at radius 2 is 1.50 bits per heavy atom. The lowest BCUT2D eigenvalue weighted by molar-refractivity contribution is 0.483. The Kier molecular flexibility index (Phi) is 4.37. The maximum absolute atomic E-state index is 12.2. The summed E-state index contributed by atoms with van der Waals surface area (Å²) < 4.78 is 57.7. The minimum Gasteiger partial charge on any atom is -0.324 e. The first-order valence-corrected chi connectivity index (χ1v) is 8.82. The summed E-state index contributed by atoms with van der Waals surface area (Å²) >= 11 is 0. The third kappa shape index (κ3) is 3.74. The van der Waals surface area contributed by atoms with Crippen molar-refractivity contribution in [3.8, 4) is 0 Å². The number of hydrogen-bond acceptors (Lipinski definition) is 6. The quantitative estimate of drug-likeness (QED) is 0.361. The number of benzene rings is 2. The largest absolute Gasteiger partial charge is 0.324 e. The van der Waals surface area contributed by atoms with Crippen molar-refractivity contribution in [1.82, 2.24) is 0 Å². The number of rotatable bonds is 5. The molecule has 0 saturated carbocycles. The monoisotopic (exact) mass is 343 g/mol. The van der Waals surface area contributed by atoms with Crippen LogP contribution in [-0.4, -0.2) is 21.4 Å². The van der Waals surface area contributed by atoms with Crippen molar-refractivity contribution >= 4 is 31.5 Å². The van der Waals surface area contributed by atoms with Gasteiger partial charge in [-0.05, 0) is 42.5 Å². The van der Waals surface area contributed by atoms with Crippen molar-refractivity contribution in [2.75, 3.05) is 10.1 Å². The lowest BCUT2D eigenvalue weighted by Gasteiger charge is -2.09. The van der Waals surface area contributed by atoms with Gasteiger partial charge < -0.3 is 5.43 Å². The van der Waals surface area contributed by atoms with Gasteiger partial charge in [-0.15, -0.1) is 0 Å². The minimum atomic E-state index is -4.41. The Hall–Kier alpha value is -2.14. The fourth-order valence-corrected chi connectivity index (χ4v) is 3.24. The first-order chi connectivity index (χ1) is 10.2. The molecule has 0 saturated heterocycles. The maximum Gasteiger partial charge on any atom is 0.294 e. The van der Waals surface area contributed by atoms with Gasteiger partial charge >= 0.3 is 0 Å². The summed E-state index contributed by atoms with van der Waals surface area (Å²) in [5.74, 6) is 5.19. The molecule has 0 unspecified atom stereocenters. The Morgan fingerprint density at radius 3 is 2.05 bits per heavy atom. The summed E-state index contributed by atoms with van der Waals surface area (Å²) in [6.45, 7) is 0. The van der Waals surface area contributed by atoms with E-state index in [0.29, 0.717) is 5.69 Å². The van der Waals surface area contributed by atoms with Crippen LogP contribution >= 0.6 is 0 Å². The average Bonchev–Trinajstić information content (AvgIpc) is 2.46. The molecule has 0 fully saturated rings. The summed E-state index contributed by atoms with van der Waals surface area (Å²) in [5, 5.41) is 0. The topological polar surface area (TPSA) is 139 Å². The van der Waals surface area contributed by atoms with Gasteiger partial charge in [0.1, 0.15) is 0 Å². The highest BCUT2D eigenvalue weighted by atomic mass is 32.2. The van der Waals surface area contributed by atoms with Gasteiger partial charge in [0.15, 0.2) is 0 Å². The molecule has 2 aromatic rings. The third-order valence-corrected chi connectivity index (χ3v) is 4.96. The van der Waals surface area contributed by atoms with Crippen molar-refractivity contribution in [3.05, 3.63) is 48.5 Å². The van der Waals surface area contributed by atoms with E-state index >= 15 is 0 Å². The molecule has 0 aliphatic rings. The van der Waals surface area contributed by atoms with Gasteiger partial charge in [0, 0.05) is 5.69 Å². The smallest absolute Gasteiger partial charge is 0.294 e. The molecule has 2 aromatic carbocycles. The van der Waals surface area contributed by atoms with E-state index in [-0.39, 0.29) is 10.6 Å². The highest BCUT2D eigenvalue weighted by molar-refractivity contribution is 7.92. The van der Waals surface area contributed by atoms with E-state index < -0.39 is 25.0 Å². The molecule has 5 N–H and O–H groups in total. The van der Waals surface area contributed by atoms with Crippen molar-refractivity contribution in [2.45, 2.75) is 9.79 Å². The van der Waals surface area contributed by atoms with E-state index in [9.17, 15) is 16.8 Å². The van der Waals surface area contributed by atoms with Gasteiger partial charge in [-0.25, -0.2) is 8.42 Å². The minimum absolute atomic E-state index is 0.0103. The van der Waals surface area contributed by atoms with E-state index in [1.807, 2.05) is 0 Å². The molecule has 0 radical (unpaired) electrons. The lowest BCUT2D eigenvalue weighted by Crippen LogP contribution is -2.14. The Morgan fingerprint density at radius 1 is 0.864 bits per heavy atom. The van der Waals surface area contributed by atoms with E-state index in [2.05, 4.69) is 10.1 Å². The van der Waals surface area contributed by atoms with Crippen LogP contribution in [0.15, 0.2) is 58.3 Å². The maximum atomic E-state index is 12.2. The molecule has 0 heterocycles. The van der Waals surface area contributed by atoms with Gasteiger partial charge in [0.05, 0.1) is 15.5 Å². The number of nitrogens with two attached hydrogens (primary N) is 1. The van der Waals surface area contributed by atoms with Crippen molar-refractivity contribution in [1.29, 1.82) is 0 Å². The van der Waals surface area contributed by atoms with Crippen molar-refractivity contribution < 1.29 is 21.4 Å². The molecule has 0 spiro atoms. The fraction of sp³-hybridized carbons (Fsp3) is 0. The summed E-state index contributed by atoms with van der Waals surface area (Å²) in [7, 11) is -8.31. The Labute approximate surface area is 127 Å². The standard InChI is InChI=1S/C12H13N3O5S2/c13-14-9-4-6-11(7-5-9)21(16,17)15-10-2-1-3-12(8-10)22(18,19)20/h1-8,14-15H,13H2,(H,18,19,20). The van der Waals surface area contributed by atoms with Crippen molar-refractivity contribution in [2.24, 2.45) is 5.84 Å². The van der Waals surface area contributed by atoms with E-state index in [0.717, 1.165) is 12.1 Å². The van der Waals surface area contributed by atoms with Gasteiger partial charge in [0.25, 0.3) is 20.1 Å². The van der Waals surface area contributed by atoms with Crippen LogP contribution in [0, 0.1) is 0 Å². The summed E-state index contributed by atoms with van der Waals surface area (Å²) in [6, 6.07) is 10.5. The molecular formula is C12H13N3O5S2. The lowest BCUT2D eigenvalue weighted by atomic mass is 10.3. The van der Waals surface area contributed by atoms with Crippen LogP contribution in [-0.2, 0) is 20.1 Å². The van der Waals surface area contributed by atoms with Crippen LogP contribution in [0.4, 0.5) is 11.4 Å². The molecular weight excluding hydrogens is 330 g/mol. The van der Waals surface area contributed by atoms with E-state index in [1.165, 1.54) is 36.4 Å². The zero-order valence-electron chi connectivity index (χ0n) is 11.1. The first-order valence-electron chi connectivity index (χ1n) is 5.89. The van der Waals surface area contributed by atoms with Gasteiger partial charge in [-0.1, -0.05) is 6.07 Å². The number of anilines is 2. The SMILES string of the molecule is NNc1ccc(S(=O)(=O)Nc2cccc(S(=O)(=O)O)c2)cc1. The molecule has 118 valence electrons. The van der Waals surface area contributed by atoms with E-state index in [4.69, 9.17) is 10.4 Å². The molecule has 0 aromatic heterocycles. The molecule has 0 atom stereocenters. The summed E-state index contributed by atoms with van der Waals surface area (Å²) in [5.41, 5.74) is 2.91. The molecule has 10 heteroatoms. The normalized spacial score (nSPS) is 11.9. The highest BCUT2D eigenvalue weighted by Gasteiger charge is 2.16. The zero-order valence-corrected chi connectivity index (χ0v) is 12.7. The number of nitrogen functional groups attached to an aromatic ring is 1. The van der Waals surface area contributed by atoms with Crippen LogP contribution in [0.25, 0.3) is 0 Å². The van der Waals surface area contributed by atoms with Crippen molar-refractivity contribution in [3.63, 3.8) is 0 Å². The number of nitrogens with one attached hydrogen (secondary N) is 2. The number of hydrogen-bond donors (Lipinski definition) is 4. The van der Waals surface area contributed by atoms with Crippen LogP contribution in [0.5, 0.6) is 0 Å². The average molecular weight is 343 g/mol. The molecule has 0 aliphatic heterocycles. The van der Waals surface area contributed by atoms with Gasteiger partial charge in [-0.2, -0.15) is 8.42 Å². The predicted molar refractivity (Wildman–Crippen MR) is 81.3 cm³/mol. The highest BCUT2D eigenvalue weighted by Crippen LogP contribution is 2.20. The molecule has 0 aliphatic carbocycles. The molecule has 0 bridgehead atoms. The zero-order chi connectivity index (χ0) is 16.4. The van der Waals surface area contributed by atoms with Crippen LogP contribution in [0.1, 0.15) is 0 Å². The molecule has 8 nitrogen and oxygen atoms in total. The van der Waals surface area contributed by atoms with Crippen LogP contribution < -0.4 is 16.0 Å². The Bertz CT molecular complexity index is 877. The third-order valence-electron chi connectivity index (χ3n) is 2.72. The number of sulfonamides is 1.